The van der Waals surface area contributed by atoms with Gasteiger partial charge in [0.1, 0.15) is 5.82 Å². The van der Waals surface area contributed by atoms with Crippen LogP contribution in [0.5, 0.6) is 0 Å². The van der Waals surface area contributed by atoms with Crippen LogP contribution in [-0.4, -0.2) is 42.0 Å². The molecule has 2 fully saturated rings. The van der Waals surface area contributed by atoms with Gasteiger partial charge in [0.2, 0.25) is 0 Å². The molecule has 20 heavy (non-hydrogen) atoms. The molecule has 0 radical (unpaired) electrons. The van der Waals surface area contributed by atoms with Gasteiger partial charge in [0.05, 0.1) is 0 Å². The second kappa shape index (κ2) is 5.82. The molecule has 0 unspecified atom stereocenters. The second-order valence-corrected chi connectivity index (χ2v) is 6.55. The summed E-state index contributed by atoms with van der Waals surface area (Å²) in [6.07, 6.45) is 2.76. The maximum atomic E-state index is 14.1. The van der Waals surface area contributed by atoms with E-state index in [1.807, 2.05) is 6.07 Å². The number of hydrogen-bond donors (Lipinski definition) is 0. The van der Waals surface area contributed by atoms with Crippen LogP contribution >= 0.6 is 0 Å². The summed E-state index contributed by atoms with van der Waals surface area (Å²) in [5.74, 6) is 0.349. The average molecular weight is 276 g/mol. The van der Waals surface area contributed by atoms with Crippen LogP contribution in [0, 0.1) is 5.82 Å². The van der Waals surface area contributed by atoms with Crippen molar-refractivity contribution in [3.8, 4) is 0 Å². The second-order valence-electron chi connectivity index (χ2n) is 6.55. The van der Waals surface area contributed by atoms with Gasteiger partial charge in [-0.05, 0) is 30.4 Å². The van der Waals surface area contributed by atoms with Crippen LogP contribution in [0.4, 0.5) is 4.39 Å². The summed E-state index contributed by atoms with van der Waals surface area (Å²) in [5, 5.41) is 0. The SMILES string of the molecule is CC(C)c1ccc(CN2CCN(C3CC3)CC2)c(F)c1. The lowest BCUT2D eigenvalue weighted by Gasteiger charge is -2.34. The first-order valence-corrected chi connectivity index (χ1v) is 7.88. The number of benzene rings is 1. The summed E-state index contributed by atoms with van der Waals surface area (Å²) in [4.78, 5) is 4.97. The minimum atomic E-state index is -0.0409. The zero-order chi connectivity index (χ0) is 14.1. The van der Waals surface area contributed by atoms with Gasteiger partial charge in [0.15, 0.2) is 0 Å². The molecule has 1 saturated heterocycles. The lowest BCUT2D eigenvalue weighted by molar-refractivity contribution is 0.120. The fourth-order valence-electron chi connectivity index (χ4n) is 3.02. The summed E-state index contributed by atoms with van der Waals surface area (Å²) < 4.78 is 14.1. The molecule has 0 N–H and O–H groups in total. The van der Waals surface area contributed by atoms with Crippen molar-refractivity contribution in [1.29, 1.82) is 0 Å². The van der Waals surface area contributed by atoms with Gasteiger partial charge in [0.25, 0.3) is 0 Å². The number of nitrogens with zero attached hydrogens (tertiary/aromatic N) is 2. The van der Waals surface area contributed by atoms with Gasteiger partial charge in [0, 0.05) is 44.3 Å². The van der Waals surface area contributed by atoms with Crippen molar-refractivity contribution in [2.45, 2.75) is 45.2 Å². The molecule has 0 bridgehead atoms. The summed E-state index contributed by atoms with van der Waals surface area (Å²) in [6.45, 7) is 9.40. The van der Waals surface area contributed by atoms with E-state index in [0.29, 0.717) is 5.92 Å². The molecule has 3 rings (SSSR count). The van der Waals surface area contributed by atoms with Gasteiger partial charge in [-0.1, -0.05) is 26.0 Å². The maximum absolute atomic E-state index is 14.1. The Kier molecular flexibility index (Phi) is 4.08. The monoisotopic (exact) mass is 276 g/mol. The fraction of sp³-hybridized carbons (Fsp3) is 0.647. The van der Waals surface area contributed by atoms with Crippen molar-refractivity contribution in [2.24, 2.45) is 0 Å². The highest BCUT2D eigenvalue weighted by Crippen LogP contribution is 2.28. The molecule has 110 valence electrons. The summed E-state index contributed by atoms with van der Waals surface area (Å²) >= 11 is 0. The van der Waals surface area contributed by atoms with Crippen LogP contribution in [0.1, 0.15) is 43.7 Å². The predicted octanol–water partition coefficient (Wildman–Crippen LogP) is 3.23. The number of piperazine rings is 1. The highest BCUT2D eigenvalue weighted by molar-refractivity contribution is 5.26. The molecule has 0 spiro atoms. The van der Waals surface area contributed by atoms with E-state index in [-0.39, 0.29) is 5.82 Å². The van der Waals surface area contributed by atoms with Crippen LogP contribution in [-0.2, 0) is 6.54 Å². The van der Waals surface area contributed by atoms with Crippen molar-refractivity contribution in [2.75, 3.05) is 26.2 Å². The van der Waals surface area contributed by atoms with Crippen molar-refractivity contribution in [1.82, 2.24) is 9.80 Å². The van der Waals surface area contributed by atoms with Crippen LogP contribution in [0.25, 0.3) is 0 Å². The van der Waals surface area contributed by atoms with Crippen LogP contribution in [0.2, 0.25) is 0 Å². The topological polar surface area (TPSA) is 6.48 Å². The first-order chi connectivity index (χ1) is 9.63. The van der Waals surface area contributed by atoms with Gasteiger partial charge in [-0.2, -0.15) is 0 Å². The predicted molar refractivity (Wildman–Crippen MR) is 80.4 cm³/mol. The molecule has 3 heteroatoms. The molecule has 1 heterocycles. The third-order valence-corrected chi connectivity index (χ3v) is 4.61. The number of halogens is 1. The van der Waals surface area contributed by atoms with Crippen molar-refractivity contribution >= 4 is 0 Å². The molecule has 1 aromatic carbocycles. The summed E-state index contributed by atoms with van der Waals surface area (Å²) in [7, 11) is 0. The molecule has 1 aliphatic carbocycles. The van der Waals surface area contributed by atoms with Gasteiger partial charge < -0.3 is 0 Å². The Labute approximate surface area is 121 Å². The minimum absolute atomic E-state index is 0.0409. The maximum Gasteiger partial charge on any atom is 0.127 e. The van der Waals surface area contributed by atoms with Gasteiger partial charge >= 0.3 is 0 Å². The quantitative estimate of drug-likeness (QED) is 0.833. The molecule has 2 aliphatic rings. The Morgan fingerprint density at radius 2 is 1.85 bits per heavy atom. The molecule has 0 amide bonds. The van der Waals surface area contributed by atoms with E-state index in [2.05, 4.69) is 29.7 Å². The summed E-state index contributed by atoms with van der Waals surface area (Å²) in [6, 6.07) is 6.61. The first-order valence-electron chi connectivity index (χ1n) is 7.88. The molecule has 1 aliphatic heterocycles. The average Bonchev–Trinajstić information content (AvgIpc) is 3.26. The Hall–Kier alpha value is -0.930. The van der Waals surface area contributed by atoms with Crippen molar-refractivity contribution in [3.63, 3.8) is 0 Å². The van der Waals surface area contributed by atoms with Crippen molar-refractivity contribution < 1.29 is 4.39 Å². The molecular formula is C17H25FN2. The zero-order valence-corrected chi connectivity index (χ0v) is 12.6. The molecular weight excluding hydrogens is 251 g/mol. The zero-order valence-electron chi connectivity index (χ0n) is 12.6. The first kappa shape index (κ1) is 14.0. The largest absolute Gasteiger partial charge is 0.298 e. The number of hydrogen-bond acceptors (Lipinski definition) is 2. The highest BCUT2D eigenvalue weighted by Gasteiger charge is 2.31. The Bertz CT molecular complexity index is 460. The van der Waals surface area contributed by atoms with Crippen LogP contribution in [0.15, 0.2) is 18.2 Å². The van der Waals surface area contributed by atoms with Gasteiger partial charge in [-0.15, -0.1) is 0 Å². The third kappa shape index (κ3) is 3.21. The van der Waals surface area contributed by atoms with E-state index in [1.165, 1.54) is 12.8 Å². The molecule has 1 aromatic rings. The lowest BCUT2D eigenvalue weighted by atomic mass is 10.0. The normalized spacial score (nSPS) is 21.6. The molecule has 2 nitrogen and oxygen atoms in total. The highest BCUT2D eigenvalue weighted by atomic mass is 19.1. The number of rotatable bonds is 4. The lowest BCUT2D eigenvalue weighted by Crippen LogP contribution is -2.46. The van der Waals surface area contributed by atoms with Gasteiger partial charge in [-0.3, -0.25) is 9.80 Å². The van der Waals surface area contributed by atoms with E-state index >= 15 is 0 Å². The van der Waals surface area contributed by atoms with Gasteiger partial charge in [-0.25, -0.2) is 4.39 Å². The summed E-state index contributed by atoms with van der Waals surface area (Å²) in [5.41, 5.74) is 1.93. The fourth-order valence-corrected chi connectivity index (χ4v) is 3.02. The molecule has 0 aromatic heterocycles. The third-order valence-electron chi connectivity index (χ3n) is 4.61. The van der Waals surface area contributed by atoms with E-state index in [4.69, 9.17) is 0 Å². The van der Waals surface area contributed by atoms with E-state index in [9.17, 15) is 4.39 Å². The molecule has 0 atom stereocenters. The standard InChI is InChI=1S/C17H25FN2/c1-13(2)14-3-4-15(17(18)11-14)12-19-7-9-20(10-8-19)16-5-6-16/h3-4,11,13,16H,5-10,12H2,1-2H3. The Morgan fingerprint density at radius 1 is 1.15 bits per heavy atom. The van der Waals surface area contributed by atoms with Crippen LogP contribution < -0.4 is 0 Å². The van der Waals surface area contributed by atoms with E-state index in [1.54, 1.807) is 6.07 Å². The van der Waals surface area contributed by atoms with E-state index < -0.39 is 0 Å². The van der Waals surface area contributed by atoms with E-state index in [0.717, 1.165) is 49.9 Å². The smallest absolute Gasteiger partial charge is 0.127 e. The Balaban J connectivity index is 1.57. The molecule has 1 saturated carbocycles. The Morgan fingerprint density at radius 3 is 2.40 bits per heavy atom. The minimum Gasteiger partial charge on any atom is -0.298 e. The van der Waals surface area contributed by atoms with Crippen molar-refractivity contribution in [3.05, 3.63) is 35.1 Å². The van der Waals surface area contributed by atoms with Crippen LogP contribution in [0.3, 0.4) is 0 Å².